The van der Waals surface area contributed by atoms with Gasteiger partial charge in [-0.15, -0.1) is 11.3 Å². The average Bonchev–Trinajstić information content (AvgIpc) is 1.75. The van der Waals surface area contributed by atoms with Crippen molar-refractivity contribution >= 4 is 69.1 Å². The van der Waals surface area contributed by atoms with Crippen LogP contribution in [0.4, 0.5) is 17.5 Å². The number of β-amino-alcohol motifs (C(OH)–C–C–N with tert-alkyl or cyclic N) is 1. The Kier molecular flexibility index (Phi) is 23.0. The molecule has 84 heavy (non-hydrogen) atoms. The van der Waals surface area contributed by atoms with Gasteiger partial charge in [0.1, 0.15) is 23.3 Å². The number of amides is 3. The summed E-state index contributed by atoms with van der Waals surface area (Å²) in [5.41, 5.74) is 6.10. The average molecular weight is 1180 g/mol. The number of Topliss-reactive ketones (excluding diaryl/α,β-unsaturated/α-hetero) is 2. The zero-order chi connectivity index (χ0) is 59.8. The highest BCUT2D eigenvalue weighted by Crippen LogP contribution is 2.35. The Balaban J connectivity index is 0.622. The molecule has 0 spiro atoms. The molecule has 0 radical (unpaired) electrons. The molecule has 2 saturated heterocycles. The van der Waals surface area contributed by atoms with Crippen LogP contribution in [0, 0.1) is 25.2 Å². The molecule has 454 valence electrons. The first kappa shape index (κ1) is 63.4. The predicted molar refractivity (Wildman–Crippen MR) is 319 cm³/mol. The number of rotatable bonds is 30. The van der Waals surface area contributed by atoms with Crippen LogP contribution in [-0.4, -0.2) is 180 Å². The number of carbonyl (C=O) groups is 5. The summed E-state index contributed by atoms with van der Waals surface area (Å²) < 4.78 is 29.8. The lowest BCUT2D eigenvalue weighted by molar-refractivity contribution is -0.146. The fourth-order valence-electron chi connectivity index (χ4n) is 11.0. The van der Waals surface area contributed by atoms with Crippen molar-refractivity contribution in [1.29, 1.82) is 0 Å². The summed E-state index contributed by atoms with van der Waals surface area (Å²) in [6.07, 6.45) is 6.90. The number of aliphatic hydroxyl groups excluding tert-OH is 1. The molecule has 6 heterocycles. The van der Waals surface area contributed by atoms with Crippen LogP contribution in [0.5, 0.6) is 0 Å². The fourth-order valence-corrected chi connectivity index (χ4v) is 11.8. The maximum absolute atomic E-state index is 14.0. The summed E-state index contributed by atoms with van der Waals surface area (Å²) in [4.78, 5) is 104. The van der Waals surface area contributed by atoms with E-state index in [1.165, 1.54) is 11.8 Å². The zero-order valence-corrected chi connectivity index (χ0v) is 50.2. The van der Waals surface area contributed by atoms with Crippen LogP contribution in [-0.2, 0) is 49.4 Å². The quantitative estimate of drug-likeness (QED) is 0.0332. The number of aromatic nitrogens is 5. The SMILES string of the molecule is CC(=O)c1c(C)c2cnc(Nc3ccc(N4CCN(C(=O)CCOCCOCCOCCOCCOCCC(=O)C[C@H](C(=O)N5C[C@H](O)C[C@H]5C(=O)NCc5ccc(-c6scnc6C)cc5)C(C)(C)C)CC4)cn3)nc2n(C2CCCC2)c1=O. The van der Waals surface area contributed by atoms with Gasteiger partial charge in [-0.25, -0.2) is 15.0 Å². The van der Waals surface area contributed by atoms with Gasteiger partial charge in [0.2, 0.25) is 23.7 Å². The summed E-state index contributed by atoms with van der Waals surface area (Å²) in [5, 5.41) is 17.4. The number of nitrogens with one attached hydrogen (secondary N) is 2. The van der Waals surface area contributed by atoms with Gasteiger partial charge in [-0.3, -0.25) is 33.3 Å². The van der Waals surface area contributed by atoms with E-state index in [4.69, 9.17) is 28.7 Å². The van der Waals surface area contributed by atoms with E-state index in [2.05, 4.69) is 30.5 Å². The number of hydrogen-bond donors (Lipinski definition) is 3. The van der Waals surface area contributed by atoms with Gasteiger partial charge in [0.15, 0.2) is 5.78 Å². The topological polar surface area (TPSA) is 259 Å². The number of anilines is 3. The summed E-state index contributed by atoms with van der Waals surface area (Å²) in [6.45, 7) is 17.0. The molecule has 1 aromatic carbocycles. The second kappa shape index (κ2) is 30.5. The van der Waals surface area contributed by atoms with Crippen molar-refractivity contribution < 1.29 is 52.8 Å². The van der Waals surface area contributed by atoms with Gasteiger partial charge in [0.05, 0.1) is 112 Å². The fraction of sp³-hybridized carbons (Fsp3) is 0.574. The van der Waals surface area contributed by atoms with Crippen molar-refractivity contribution in [2.24, 2.45) is 11.3 Å². The van der Waals surface area contributed by atoms with Gasteiger partial charge in [-0.2, -0.15) is 4.98 Å². The van der Waals surface area contributed by atoms with Crippen LogP contribution in [0.2, 0.25) is 0 Å². The lowest BCUT2D eigenvalue weighted by Gasteiger charge is -2.36. The van der Waals surface area contributed by atoms with Crippen molar-refractivity contribution in [1.82, 2.24) is 39.6 Å². The molecule has 4 aromatic heterocycles. The van der Waals surface area contributed by atoms with Crippen LogP contribution >= 0.6 is 11.3 Å². The first-order valence-electron chi connectivity index (χ1n) is 29.3. The Morgan fingerprint density at radius 1 is 0.786 bits per heavy atom. The molecule has 1 aliphatic carbocycles. The maximum atomic E-state index is 14.0. The van der Waals surface area contributed by atoms with E-state index in [-0.39, 0.29) is 98.4 Å². The number of hydrogen-bond acceptors (Lipinski definition) is 19. The third kappa shape index (κ3) is 17.1. The Labute approximate surface area is 495 Å². The second-order valence-electron chi connectivity index (χ2n) is 22.8. The minimum atomic E-state index is -0.844. The molecule has 0 bridgehead atoms. The zero-order valence-electron chi connectivity index (χ0n) is 49.4. The number of ketones is 2. The van der Waals surface area contributed by atoms with E-state index in [9.17, 15) is 33.9 Å². The molecule has 0 unspecified atom stereocenters. The number of aliphatic hydroxyl groups is 1. The maximum Gasteiger partial charge on any atom is 0.263 e. The van der Waals surface area contributed by atoms with E-state index in [1.54, 1.807) is 35.2 Å². The monoisotopic (exact) mass is 1180 g/mol. The molecule has 22 nitrogen and oxygen atoms in total. The molecule has 5 aromatic rings. The van der Waals surface area contributed by atoms with Crippen molar-refractivity contribution in [2.45, 2.75) is 118 Å². The molecular formula is C61H82N10O12S. The van der Waals surface area contributed by atoms with Gasteiger partial charge in [0, 0.05) is 82.1 Å². The molecule has 23 heteroatoms. The number of thiazole rings is 1. The van der Waals surface area contributed by atoms with Crippen molar-refractivity contribution in [3.05, 3.63) is 87.0 Å². The van der Waals surface area contributed by atoms with E-state index in [0.29, 0.717) is 107 Å². The first-order valence-corrected chi connectivity index (χ1v) is 30.2. The number of carbonyl (C=O) groups excluding carboxylic acids is 5. The van der Waals surface area contributed by atoms with Gasteiger partial charge in [0.25, 0.3) is 5.56 Å². The van der Waals surface area contributed by atoms with E-state index in [0.717, 1.165) is 53.1 Å². The summed E-state index contributed by atoms with van der Waals surface area (Å²) in [7, 11) is 0. The number of ether oxygens (including phenoxy) is 5. The lowest BCUT2D eigenvalue weighted by Crippen LogP contribution is -2.50. The smallest absolute Gasteiger partial charge is 0.263 e. The lowest BCUT2D eigenvalue weighted by atomic mass is 9.76. The largest absolute Gasteiger partial charge is 0.391 e. The number of nitrogens with zero attached hydrogens (tertiary/aromatic N) is 8. The number of likely N-dealkylation sites (tertiary alicyclic amines) is 1. The molecule has 3 amide bonds. The van der Waals surface area contributed by atoms with Gasteiger partial charge < -0.3 is 54.1 Å². The highest BCUT2D eigenvalue weighted by atomic mass is 32.1. The van der Waals surface area contributed by atoms with E-state index >= 15 is 0 Å². The Hall–Kier alpha value is -6.60. The minimum absolute atomic E-state index is 0.00450. The van der Waals surface area contributed by atoms with Gasteiger partial charge >= 0.3 is 0 Å². The standard InChI is InChI=1S/C61H82N10O12S/c1-40-49-37-64-60(67-56(49)71(45-9-7-8-10-45)59(78)54(40)42(3)72)66-52-16-15-46(36-62-52)68-19-21-69(22-20-68)53(75)18-24-80-26-28-82-30-32-83-31-29-81-27-25-79-23-17-47(73)33-50(61(4,5)6)58(77)70-38-48(74)34-51(70)57(76)63-35-43-11-13-44(14-12-43)55-41(2)65-39-84-55/h11-16,36-37,39,45,48,50-51,74H,7-10,17-35,38H2,1-6H3,(H,63,76)(H,62,64,66,67)/t48-,50-,51+/m1/s1. The van der Waals surface area contributed by atoms with Gasteiger partial charge in [-0.05, 0) is 67.9 Å². The van der Waals surface area contributed by atoms with E-state index in [1.807, 2.05) is 74.5 Å². The van der Waals surface area contributed by atoms with Crippen LogP contribution in [0.25, 0.3) is 21.5 Å². The number of piperazine rings is 1. The Bertz CT molecular complexity index is 3080. The number of benzene rings is 1. The third-order valence-electron chi connectivity index (χ3n) is 15.8. The summed E-state index contributed by atoms with van der Waals surface area (Å²) >= 11 is 1.57. The van der Waals surface area contributed by atoms with Crippen molar-refractivity contribution in [3.8, 4) is 10.4 Å². The molecule has 3 fully saturated rings. The molecule has 8 rings (SSSR count). The molecule has 3 aliphatic rings. The molecular weight excluding hydrogens is 1100 g/mol. The number of pyridine rings is 2. The molecule has 1 saturated carbocycles. The Morgan fingerprint density at radius 3 is 2.00 bits per heavy atom. The first-order chi connectivity index (χ1) is 40.5. The molecule has 2 aliphatic heterocycles. The normalized spacial score (nSPS) is 17.1. The van der Waals surface area contributed by atoms with Crippen LogP contribution in [0.1, 0.15) is 112 Å². The number of fused-ring (bicyclic) bond motifs is 1. The van der Waals surface area contributed by atoms with Crippen molar-refractivity contribution in [2.75, 3.05) is 109 Å². The number of aryl methyl sites for hydroxylation is 2. The Morgan fingerprint density at radius 2 is 1.42 bits per heavy atom. The third-order valence-corrected chi connectivity index (χ3v) is 16.8. The van der Waals surface area contributed by atoms with Crippen molar-refractivity contribution in [3.63, 3.8) is 0 Å². The predicted octanol–water partition coefficient (Wildman–Crippen LogP) is 6.40. The highest BCUT2D eigenvalue weighted by molar-refractivity contribution is 7.13. The minimum Gasteiger partial charge on any atom is -0.391 e. The van der Waals surface area contributed by atoms with Crippen LogP contribution in [0.3, 0.4) is 0 Å². The van der Waals surface area contributed by atoms with Crippen LogP contribution in [0.15, 0.2) is 59.1 Å². The summed E-state index contributed by atoms with van der Waals surface area (Å²) in [6, 6.07) is 10.9. The molecule has 3 atom stereocenters. The highest BCUT2D eigenvalue weighted by Gasteiger charge is 2.44. The van der Waals surface area contributed by atoms with Crippen LogP contribution < -0.4 is 21.1 Å². The van der Waals surface area contributed by atoms with E-state index < -0.39 is 23.5 Å². The van der Waals surface area contributed by atoms with Gasteiger partial charge in [-0.1, -0.05) is 57.9 Å². The summed E-state index contributed by atoms with van der Waals surface area (Å²) in [5.74, 6) is -0.839. The second-order valence-corrected chi connectivity index (χ2v) is 23.7. The molecule has 3 N–H and O–H groups in total.